The van der Waals surface area contributed by atoms with E-state index in [1.165, 1.54) is 27.3 Å². The third-order valence-corrected chi connectivity index (χ3v) is 3.92. The van der Waals surface area contributed by atoms with Gasteiger partial charge in [0.2, 0.25) is 0 Å². The minimum absolute atomic E-state index is 1.06. The number of hydrogen-bond acceptors (Lipinski definition) is 1. The van der Waals surface area contributed by atoms with Gasteiger partial charge in [0.15, 0.2) is 0 Å². The van der Waals surface area contributed by atoms with Gasteiger partial charge in [-0.05, 0) is 22.6 Å². The highest BCUT2D eigenvalue weighted by Crippen LogP contribution is 2.26. The van der Waals surface area contributed by atoms with Crippen LogP contribution in [0, 0.1) is 0 Å². The third-order valence-electron chi connectivity index (χ3n) is 3.92. The van der Waals surface area contributed by atoms with E-state index in [4.69, 9.17) is 0 Å². The molecule has 0 saturated carbocycles. The second-order valence-corrected chi connectivity index (χ2v) is 5.33. The van der Waals surface area contributed by atoms with Gasteiger partial charge >= 0.3 is 0 Å². The number of nitrogens with zero attached hydrogens (tertiary/aromatic N) is 1. The zero-order chi connectivity index (χ0) is 14.8. The van der Waals surface area contributed by atoms with E-state index in [1.54, 1.807) is 0 Å². The molecule has 104 valence electrons. The van der Waals surface area contributed by atoms with Gasteiger partial charge in [0, 0.05) is 17.0 Å². The van der Waals surface area contributed by atoms with Crippen molar-refractivity contribution in [2.75, 3.05) is 0 Å². The first-order valence-corrected chi connectivity index (χ1v) is 7.41. The van der Waals surface area contributed by atoms with Crippen LogP contribution in [0.3, 0.4) is 0 Å². The fraction of sp³-hybridized carbons (Fsp3) is 0. The highest BCUT2D eigenvalue weighted by atomic mass is 14.6. The van der Waals surface area contributed by atoms with Gasteiger partial charge in [-0.15, -0.1) is 0 Å². The molecule has 0 aliphatic rings. The van der Waals surface area contributed by atoms with E-state index in [-0.39, 0.29) is 0 Å². The molecule has 0 aliphatic carbocycles. The molecule has 0 fully saturated rings. The number of hydrogen-bond donors (Lipinski definition) is 0. The lowest BCUT2D eigenvalue weighted by atomic mass is 10.0. The van der Waals surface area contributed by atoms with Crippen molar-refractivity contribution < 1.29 is 0 Å². The van der Waals surface area contributed by atoms with E-state index in [2.05, 4.69) is 83.9 Å². The Labute approximate surface area is 129 Å². The van der Waals surface area contributed by atoms with Crippen LogP contribution in [0.5, 0.6) is 0 Å². The topological polar surface area (TPSA) is 12.9 Å². The average Bonchev–Trinajstić information content (AvgIpc) is 2.60. The molecule has 3 aromatic carbocycles. The largest absolute Gasteiger partial charge is 0.256 e. The van der Waals surface area contributed by atoms with Gasteiger partial charge in [-0.1, -0.05) is 78.9 Å². The summed E-state index contributed by atoms with van der Waals surface area (Å²) in [6, 6.07) is 25.1. The molecule has 0 radical (unpaired) electrons. The minimum atomic E-state index is 1.06. The van der Waals surface area contributed by atoms with Gasteiger partial charge in [0.25, 0.3) is 0 Å². The first-order valence-electron chi connectivity index (χ1n) is 7.41. The van der Waals surface area contributed by atoms with Gasteiger partial charge in [-0.3, -0.25) is 4.98 Å². The third kappa shape index (κ3) is 2.27. The Hall–Kier alpha value is -2.93. The molecule has 4 rings (SSSR count). The second kappa shape index (κ2) is 5.45. The van der Waals surface area contributed by atoms with Gasteiger partial charge in [0.1, 0.15) is 0 Å². The lowest BCUT2D eigenvalue weighted by Crippen LogP contribution is -1.84. The number of rotatable bonds is 2. The predicted octanol–water partition coefficient (Wildman–Crippen LogP) is 5.56. The normalized spacial score (nSPS) is 11.5. The maximum atomic E-state index is 4.59. The van der Waals surface area contributed by atoms with Gasteiger partial charge < -0.3 is 0 Å². The summed E-state index contributed by atoms with van der Waals surface area (Å²) in [5.41, 5.74) is 3.46. The van der Waals surface area contributed by atoms with E-state index in [0.29, 0.717) is 0 Å². The fourth-order valence-corrected chi connectivity index (χ4v) is 2.80. The summed E-state index contributed by atoms with van der Waals surface area (Å²) in [6.45, 7) is 0. The molecular weight excluding hydrogens is 266 g/mol. The lowest BCUT2D eigenvalue weighted by molar-refractivity contribution is 1.42. The van der Waals surface area contributed by atoms with Crippen LogP contribution in [0.15, 0.2) is 79.0 Å². The monoisotopic (exact) mass is 281 g/mol. The molecule has 0 unspecified atom stereocenters. The molecule has 1 nitrogen and oxygen atoms in total. The van der Waals surface area contributed by atoms with E-state index in [0.717, 1.165) is 5.52 Å². The number of pyridine rings is 1. The summed E-state index contributed by atoms with van der Waals surface area (Å²) in [7, 11) is 0. The standard InChI is InChI=1S/C21H15N/c1-2-6-16(7-3-1)10-11-18-14-15-22-21-19-9-5-4-8-17(19)12-13-20(18)21/h1-15H/b11-10-. The Balaban J connectivity index is 1.88. The van der Waals surface area contributed by atoms with Crippen molar-refractivity contribution in [1.29, 1.82) is 0 Å². The molecule has 1 aromatic heterocycles. The first kappa shape index (κ1) is 12.8. The van der Waals surface area contributed by atoms with Crippen LogP contribution >= 0.6 is 0 Å². The number of benzene rings is 3. The van der Waals surface area contributed by atoms with Crippen LogP contribution in [0.2, 0.25) is 0 Å². The predicted molar refractivity (Wildman–Crippen MR) is 94.6 cm³/mol. The Bertz CT molecular complexity index is 969. The summed E-state index contributed by atoms with van der Waals surface area (Å²) in [6.07, 6.45) is 6.19. The van der Waals surface area contributed by atoms with Gasteiger partial charge in [-0.2, -0.15) is 0 Å². The van der Waals surface area contributed by atoms with E-state index in [9.17, 15) is 0 Å². The maximum Gasteiger partial charge on any atom is 0.0786 e. The molecule has 1 heteroatoms. The summed E-state index contributed by atoms with van der Waals surface area (Å²) in [5.74, 6) is 0. The van der Waals surface area contributed by atoms with Gasteiger partial charge in [-0.25, -0.2) is 0 Å². The number of fused-ring (bicyclic) bond motifs is 3. The van der Waals surface area contributed by atoms with Gasteiger partial charge in [0.05, 0.1) is 5.52 Å². The minimum Gasteiger partial charge on any atom is -0.256 e. The lowest BCUT2D eigenvalue weighted by Gasteiger charge is -2.05. The molecule has 22 heavy (non-hydrogen) atoms. The molecule has 4 aromatic rings. The van der Waals surface area contributed by atoms with Crippen LogP contribution < -0.4 is 0 Å². The molecule has 0 saturated heterocycles. The second-order valence-electron chi connectivity index (χ2n) is 5.33. The smallest absolute Gasteiger partial charge is 0.0786 e. The van der Waals surface area contributed by atoms with Crippen molar-refractivity contribution in [3.05, 3.63) is 90.1 Å². The molecule has 1 heterocycles. The van der Waals surface area contributed by atoms with E-state index < -0.39 is 0 Å². The van der Waals surface area contributed by atoms with Crippen LogP contribution in [0.4, 0.5) is 0 Å². The van der Waals surface area contributed by atoms with E-state index >= 15 is 0 Å². The molecule has 0 bridgehead atoms. The summed E-state index contributed by atoms with van der Waals surface area (Å²) < 4.78 is 0. The molecule has 0 aliphatic heterocycles. The molecular formula is C21H15N. The van der Waals surface area contributed by atoms with Crippen molar-refractivity contribution in [1.82, 2.24) is 4.98 Å². The molecule has 0 N–H and O–H groups in total. The first-order chi connectivity index (χ1) is 10.9. The summed E-state index contributed by atoms with van der Waals surface area (Å²) in [5, 5.41) is 3.62. The van der Waals surface area contributed by atoms with Crippen molar-refractivity contribution in [3.8, 4) is 0 Å². The molecule has 0 atom stereocenters. The molecule has 0 spiro atoms. The van der Waals surface area contributed by atoms with Crippen LogP contribution in [0.1, 0.15) is 11.1 Å². The van der Waals surface area contributed by atoms with Crippen molar-refractivity contribution in [2.24, 2.45) is 0 Å². The quantitative estimate of drug-likeness (QED) is 0.438. The van der Waals surface area contributed by atoms with E-state index in [1.807, 2.05) is 12.3 Å². The Morgan fingerprint density at radius 1 is 0.636 bits per heavy atom. The Morgan fingerprint density at radius 3 is 2.36 bits per heavy atom. The van der Waals surface area contributed by atoms with Crippen LogP contribution in [-0.2, 0) is 0 Å². The molecule has 0 amide bonds. The number of aromatic nitrogens is 1. The average molecular weight is 281 g/mol. The fourth-order valence-electron chi connectivity index (χ4n) is 2.80. The van der Waals surface area contributed by atoms with Crippen molar-refractivity contribution in [3.63, 3.8) is 0 Å². The summed E-state index contributed by atoms with van der Waals surface area (Å²) >= 11 is 0. The zero-order valence-electron chi connectivity index (χ0n) is 12.1. The van der Waals surface area contributed by atoms with Crippen LogP contribution in [0.25, 0.3) is 33.8 Å². The summed E-state index contributed by atoms with van der Waals surface area (Å²) in [4.78, 5) is 4.59. The van der Waals surface area contributed by atoms with Crippen molar-refractivity contribution in [2.45, 2.75) is 0 Å². The SMILES string of the molecule is C(=C/c1ccnc2c1ccc1ccccc12)/c1ccccc1. The van der Waals surface area contributed by atoms with Crippen LogP contribution in [-0.4, -0.2) is 4.98 Å². The Morgan fingerprint density at radius 2 is 1.45 bits per heavy atom. The maximum absolute atomic E-state index is 4.59. The van der Waals surface area contributed by atoms with Crippen molar-refractivity contribution >= 4 is 33.8 Å². The Kier molecular flexibility index (Phi) is 3.17. The zero-order valence-corrected chi connectivity index (χ0v) is 12.1. The highest BCUT2D eigenvalue weighted by molar-refractivity contribution is 6.07. The highest BCUT2D eigenvalue weighted by Gasteiger charge is 2.03.